The molecule has 1 aromatic rings. The van der Waals surface area contributed by atoms with E-state index in [0.717, 1.165) is 62.9 Å². The molecule has 3 saturated heterocycles. The number of allylic oxidation sites excluding steroid dienone is 4. The Kier molecular flexibility index (Phi) is 9.89. The second kappa shape index (κ2) is 15.9. The van der Waals surface area contributed by atoms with E-state index in [1.54, 1.807) is 22.4 Å². The number of nitrogens with zero attached hydrogens (tertiary/aromatic N) is 2. The van der Waals surface area contributed by atoms with Crippen molar-refractivity contribution in [3.05, 3.63) is 80.5 Å². The van der Waals surface area contributed by atoms with E-state index in [4.69, 9.17) is 15.2 Å². The molecule has 0 amide bonds. The van der Waals surface area contributed by atoms with Crippen LogP contribution in [0.15, 0.2) is 63.8 Å². The minimum Gasteiger partial charge on any atom is -0.509 e. The summed E-state index contributed by atoms with van der Waals surface area (Å²) < 4.78 is 14.9. The molecule has 9 fully saturated rings. The minimum atomic E-state index is -1.13. The first-order chi connectivity index (χ1) is 36.6. The first-order valence-electron chi connectivity index (χ1n) is 32.0. The van der Waals surface area contributed by atoms with Crippen LogP contribution in [0.5, 0.6) is 0 Å². The molecule has 16 atom stereocenters. The van der Waals surface area contributed by atoms with Gasteiger partial charge in [0.05, 0.1) is 11.0 Å². The van der Waals surface area contributed by atoms with Gasteiger partial charge in [0, 0.05) is 67.2 Å². The number of hydrogen-bond donors (Lipinski definition) is 2. The highest BCUT2D eigenvalue weighted by Crippen LogP contribution is 2.89. The number of aliphatic hydroxyl groups excluding tert-OH is 1. The van der Waals surface area contributed by atoms with Crippen LogP contribution in [0.25, 0.3) is 0 Å². The lowest BCUT2D eigenvalue weighted by Crippen LogP contribution is -2.78. The van der Waals surface area contributed by atoms with Crippen LogP contribution in [0.2, 0.25) is 0 Å². The summed E-state index contributed by atoms with van der Waals surface area (Å²) in [6, 6.07) is 7.25. The molecule has 0 radical (unpaired) electrons. The Morgan fingerprint density at radius 3 is 2.48 bits per heavy atom. The van der Waals surface area contributed by atoms with Gasteiger partial charge in [-0.05, 0) is 204 Å². The SMILES string of the molecule is C[C@@H]1CC2=C3[C@H]4C5=C6[C@@H]7C[C@@]41CCC7=C[C@@H](C1CCCCC1)C[C@H]1[C@]64C(=O)O/C(=C(/O)C[C@@H]([C@H]6CCC[C@]7(CCCC78CCCC8)C6)N6C[C@H]7C[C@@H](C6)[C@@H](CC2)N3C7)[C@@]4(CC5)[C@]12OC(=O)c1c(CCCN)cccc12. The van der Waals surface area contributed by atoms with Crippen molar-refractivity contribution in [1.29, 1.82) is 0 Å². The zero-order valence-electron chi connectivity index (χ0n) is 45.5. The van der Waals surface area contributed by atoms with Crippen LogP contribution >= 0.6 is 0 Å². The van der Waals surface area contributed by atoms with Gasteiger partial charge in [0.15, 0.2) is 11.4 Å². The van der Waals surface area contributed by atoms with Crippen molar-refractivity contribution in [3.8, 4) is 0 Å². The van der Waals surface area contributed by atoms with Gasteiger partial charge in [0.1, 0.15) is 11.2 Å². The van der Waals surface area contributed by atoms with E-state index in [-0.39, 0.29) is 35.2 Å². The van der Waals surface area contributed by atoms with Crippen molar-refractivity contribution in [1.82, 2.24) is 9.80 Å². The second-order valence-electron chi connectivity index (χ2n) is 29.6. The number of hydrogen-bond acceptors (Lipinski definition) is 8. The zero-order valence-corrected chi connectivity index (χ0v) is 45.5. The third kappa shape index (κ3) is 5.52. The first kappa shape index (κ1) is 46.5. The summed E-state index contributed by atoms with van der Waals surface area (Å²) in [4.78, 5) is 38.3. The predicted octanol–water partition coefficient (Wildman–Crippen LogP) is 13.3. The zero-order chi connectivity index (χ0) is 50.0. The number of piperidine rings is 2. The number of benzene rings is 1. The van der Waals surface area contributed by atoms with Gasteiger partial charge < -0.3 is 25.2 Å². The molecule has 6 saturated carbocycles. The molecular weight excluding hydrogens is 927 g/mol. The molecule has 10 aliphatic carbocycles. The predicted molar refractivity (Wildman–Crippen MR) is 289 cm³/mol. The average molecular weight is 1010 g/mol. The molecule has 0 aromatic heterocycles. The number of nitrogens with two attached hydrogens (primary N) is 1. The maximum Gasteiger partial charge on any atom is 0.339 e. The largest absolute Gasteiger partial charge is 0.509 e. The van der Waals surface area contributed by atoms with Gasteiger partial charge in [0.25, 0.3) is 0 Å². The number of rotatable bonds is 5. The highest BCUT2D eigenvalue weighted by atomic mass is 16.6. The van der Waals surface area contributed by atoms with E-state index < -0.39 is 16.4 Å². The maximum atomic E-state index is 16.8. The number of aryl methyl sites for hydroxylation is 1. The van der Waals surface area contributed by atoms with Crippen LogP contribution in [0, 0.1) is 80.3 Å². The smallest absolute Gasteiger partial charge is 0.339 e. The molecule has 19 aliphatic rings. The Labute approximate surface area is 447 Å². The lowest BCUT2D eigenvalue weighted by atomic mass is 9.26. The average Bonchev–Trinajstić information content (AvgIpc) is 3.99. The molecule has 14 bridgehead atoms. The summed E-state index contributed by atoms with van der Waals surface area (Å²) in [7, 11) is 0. The summed E-state index contributed by atoms with van der Waals surface area (Å²) in [5.74, 6) is 3.80. The molecule has 3 N–H and O–H groups in total. The van der Waals surface area contributed by atoms with Crippen LogP contribution in [0.3, 0.4) is 0 Å². The summed E-state index contributed by atoms with van der Waals surface area (Å²) in [5.41, 5.74) is 14.9. The van der Waals surface area contributed by atoms with Gasteiger partial charge in [-0.3, -0.25) is 9.69 Å². The van der Waals surface area contributed by atoms with Gasteiger partial charge in [-0.15, -0.1) is 0 Å². The molecule has 9 heterocycles. The van der Waals surface area contributed by atoms with Gasteiger partial charge >= 0.3 is 11.9 Å². The molecule has 75 heavy (non-hydrogen) atoms. The Morgan fingerprint density at radius 2 is 1.61 bits per heavy atom. The van der Waals surface area contributed by atoms with Crippen LogP contribution in [-0.4, -0.2) is 65.1 Å². The maximum absolute atomic E-state index is 16.8. The lowest BCUT2D eigenvalue weighted by Gasteiger charge is -2.74. The fourth-order valence-electron chi connectivity index (χ4n) is 25.2. The minimum absolute atomic E-state index is 0.117. The fraction of sp³-hybridized carbons (Fsp3) is 0.761. The van der Waals surface area contributed by atoms with E-state index >= 15 is 9.59 Å². The van der Waals surface area contributed by atoms with Gasteiger partial charge in [-0.1, -0.05) is 92.9 Å². The normalized spacial score (nSPS) is 48.3. The highest BCUT2D eigenvalue weighted by molar-refractivity contribution is 6.00. The van der Waals surface area contributed by atoms with Gasteiger partial charge in [0.2, 0.25) is 0 Å². The van der Waals surface area contributed by atoms with Crippen LogP contribution in [0.1, 0.15) is 208 Å². The number of ether oxygens (including phenoxy) is 2. The molecule has 8 heteroatoms. The van der Waals surface area contributed by atoms with E-state index in [9.17, 15) is 5.11 Å². The monoisotopic (exact) mass is 1010 g/mol. The number of carbonyl (C=O) groups excluding carboxylic acids is 2. The van der Waals surface area contributed by atoms with Crippen LogP contribution in [-0.2, 0) is 26.3 Å². The first-order valence-corrected chi connectivity index (χ1v) is 32.0. The quantitative estimate of drug-likeness (QED) is 0.222. The van der Waals surface area contributed by atoms with Crippen LogP contribution in [0.4, 0.5) is 0 Å². The number of carbonyl (C=O) groups is 2. The second-order valence-corrected chi connectivity index (χ2v) is 29.6. The van der Waals surface area contributed by atoms with E-state index in [1.807, 2.05) is 0 Å². The summed E-state index contributed by atoms with van der Waals surface area (Å²) in [6.45, 7) is 6.57. The Hall–Kier alpha value is -3.36. The summed E-state index contributed by atoms with van der Waals surface area (Å²) >= 11 is 0. The van der Waals surface area contributed by atoms with E-state index in [2.05, 4.69) is 41.0 Å². The number of esters is 2. The molecular formula is C67H87N3O5. The van der Waals surface area contributed by atoms with E-state index in [1.165, 1.54) is 140 Å². The van der Waals surface area contributed by atoms with E-state index in [0.29, 0.717) is 101 Å². The molecule has 9 aliphatic heterocycles. The lowest BCUT2D eigenvalue weighted by molar-refractivity contribution is -0.284. The molecule has 1 aromatic carbocycles. The summed E-state index contributed by atoms with van der Waals surface area (Å²) in [5, 5.41) is 14.0. The van der Waals surface area contributed by atoms with Crippen molar-refractivity contribution >= 4 is 11.9 Å². The highest BCUT2D eigenvalue weighted by Gasteiger charge is 2.94. The fourth-order valence-corrected chi connectivity index (χ4v) is 25.2. The molecule has 20 rings (SSSR count). The van der Waals surface area contributed by atoms with Crippen molar-refractivity contribution in [2.75, 3.05) is 26.2 Å². The Balaban J connectivity index is 0.933. The van der Waals surface area contributed by atoms with Crippen molar-refractivity contribution < 1.29 is 24.2 Å². The Morgan fingerprint density at radius 1 is 0.787 bits per heavy atom. The standard InChI is InChI=1S/C67H87N3O5/c1-39-29-44-17-18-51-47-30-40-36-69(38-47)52(45-14-8-23-63(34-45)25-10-24-62(63)21-5-6-22-62)33-53(71)59-65-27-20-48-56-49-35-64(39,57(48)58(44)70(51)37-40)26-19-43(49)31-46(41-11-3-2-4-12-41)32-54(66(56,65)61(73)74-59)67(65)50-16-7-13-42(15-9-28-68)55(50)60(72)75-67/h7,13,16,31,39-41,45-47,49,51-52,54,57,71H,2-6,8-12,14-15,17-30,32-38,68H2,1H3/b43-31?,59-53+/t39-,40-,45+,46-,47+,49-,51-,52+,54+,57-,63+,64-,65-,66-,67-/m1/s1. The topological polar surface area (TPSA) is 105 Å². The van der Waals surface area contributed by atoms with Gasteiger partial charge in [-0.2, -0.15) is 0 Å². The number of aliphatic hydroxyl groups is 1. The third-order valence-electron chi connectivity index (χ3n) is 27.6. The van der Waals surface area contributed by atoms with Crippen molar-refractivity contribution in [2.45, 2.75) is 211 Å². The Bertz CT molecular complexity index is 2810. The molecule has 8 nitrogen and oxygen atoms in total. The van der Waals surface area contributed by atoms with Crippen molar-refractivity contribution in [3.63, 3.8) is 0 Å². The third-order valence-corrected chi connectivity index (χ3v) is 27.6. The summed E-state index contributed by atoms with van der Waals surface area (Å²) in [6.07, 6.45) is 37.0. The number of fused-ring (bicyclic) bond motifs is 4. The van der Waals surface area contributed by atoms with Gasteiger partial charge in [-0.25, -0.2) is 4.79 Å². The van der Waals surface area contributed by atoms with Crippen LogP contribution < -0.4 is 5.73 Å². The molecule has 6 spiro atoms. The van der Waals surface area contributed by atoms with Crippen molar-refractivity contribution in [2.24, 2.45) is 86.1 Å². The molecule has 400 valence electrons. The molecule has 1 unspecified atom stereocenters.